The van der Waals surface area contributed by atoms with Gasteiger partial charge >= 0.3 is 237 Å². The molecule has 6 rings (SSSR count). The Bertz CT molecular complexity index is 1760. The molecule has 0 radical (unpaired) electrons. The van der Waals surface area contributed by atoms with E-state index < -0.39 is 13.3 Å². The van der Waals surface area contributed by atoms with Crippen LogP contribution in [0.4, 0.5) is 0 Å². The second kappa shape index (κ2) is 8.83. The van der Waals surface area contributed by atoms with Gasteiger partial charge in [0.1, 0.15) is 0 Å². The predicted molar refractivity (Wildman–Crippen MR) is 169 cm³/mol. The minimum absolute atomic E-state index is 0.165. The maximum atomic E-state index is 7.05. The summed E-state index contributed by atoms with van der Waals surface area (Å²) in [5, 5.41) is 2.41. The van der Waals surface area contributed by atoms with E-state index in [0.717, 1.165) is 11.2 Å². The molecule has 3 aromatic carbocycles. The average molecular weight is 577 g/mol. The number of rotatable bonds is 3. The monoisotopic (exact) mass is 578 g/mol. The SMILES string of the molecule is Cc1ccc2c(oc3c(-c4ccc5c(c4)C(C)(C)CCC5(C)C)[c]([Ge]([CH3])([CH3])[CH3])ccc32)c1-c1cccc[n+]1C. The molecule has 0 aliphatic heterocycles. The van der Waals surface area contributed by atoms with E-state index in [1.807, 2.05) is 0 Å². The van der Waals surface area contributed by atoms with Gasteiger partial charge in [0.2, 0.25) is 0 Å². The van der Waals surface area contributed by atoms with E-state index in [1.165, 1.54) is 67.1 Å². The first kappa shape index (κ1) is 26.4. The zero-order valence-electron chi connectivity index (χ0n) is 25.1. The van der Waals surface area contributed by atoms with Crippen LogP contribution < -0.4 is 8.96 Å². The van der Waals surface area contributed by atoms with Crippen LogP contribution in [0.25, 0.3) is 44.3 Å². The number of aromatic nitrogens is 1. The molecule has 2 aromatic heterocycles. The molecular formula is C36H42GeNO+. The number of fused-ring (bicyclic) bond motifs is 4. The quantitative estimate of drug-likeness (QED) is 0.155. The van der Waals surface area contributed by atoms with E-state index in [1.54, 1.807) is 0 Å². The van der Waals surface area contributed by atoms with Crippen LogP contribution in [0, 0.1) is 6.92 Å². The van der Waals surface area contributed by atoms with Crippen LogP contribution in [0.5, 0.6) is 0 Å². The zero-order chi connectivity index (χ0) is 27.9. The third-order valence-corrected chi connectivity index (χ3v) is 13.5. The fourth-order valence-corrected chi connectivity index (χ4v) is 10.1. The molecule has 39 heavy (non-hydrogen) atoms. The van der Waals surface area contributed by atoms with E-state index >= 15 is 0 Å². The molecule has 0 saturated heterocycles. The summed E-state index contributed by atoms with van der Waals surface area (Å²) in [6.07, 6.45) is 4.56. The third-order valence-electron chi connectivity index (χ3n) is 9.28. The average Bonchev–Trinajstić information content (AvgIpc) is 3.25. The predicted octanol–water partition coefficient (Wildman–Crippen LogP) is 8.95. The summed E-state index contributed by atoms with van der Waals surface area (Å²) in [4.78, 5) is 0. The number of hydrogen-bond donors (Lipinski definition) is 0. The van der Waals surface area contributed by atoms with Crippen LogP contribution in [0.1, 0.15) is 57.2 Å². The molecule has 5 aromatic rings. The van der Waals surface area contributed by atoms with Gasteiger partial charge in [-0.25, -0.2) is 0 Å². The Morgan fingerprint density at radius 1 is 0.744 bits per heavy atom. The van der Waals surface area contributed by atoms with Crippen molar-refractivity contribution in [3.63, 3.8) is 0 Å². The van der Waals surface area contributed by atoms with Crippen molar-refractivity contribution in [1.82, 2.24) is 0 Å². The van der Waals surface area contributed by atoms with Gasteiger partial charge in [-0.2, -0.15) is 0 Å². The fraction of sp³-hybridized carbons (Fsp3) is 0.361. The summed E-state index contributed by atoms with van der Waals surface area (Å²) < 4.78 is 10.8. The van der Waals surface area contributed by atoms with Crippen LogP contribution in [0.3, 0.4) is 0 Å². The molecule has 3 heteroatoms. The molecule has 2 nitrogen and oxygen atoms in total. The van der Waals surface area contributed by atoms with Gasteiger partial charge in [0.25, 0.3) is 0 Å². The molecule has 200 valence electrons. The first-order valence-corrected chi connectivity index (χ1v) is 21.7. The number of nitrogens with zero attached hydrogens (tertiary/aromatic N) is 1. The van der Waals surface area contributed by atoms with Crippen LogP contribution in [0.2, 0.25) is 17.3 Å². The molecule has 0 atom stereocenters. The number of benzene rings is 3. The molecule has 0 fully saturated rings. The Balaban J connectivity index is 1.71. The van der Waals surface area contributed by atoms with Gasteiger partial charge in [-0.05, 0) is 0 Å². The molecular weight excluding hydrogens is 535 g/mol. The normalized spacial score (nSPS) is 16.5. The molecule has 1 aliphatic carbocycles. The maximum absolute atomic E-state index is 7.05. The molecule has 0 unspecified atom stereocenters. The molecule has 0 amide bonds. The summed E-state index contributed by atoms with van der Waals surface area (Å²) in [6, 6.07) is 23.0. The van der Waals surface area contributed by atoms with Crippen molar-refractivity contribution in [2.75, 3.05) is 0 Å². The van der Waals surface area contributed by atoms with Crippen molar-refractivity contribution in [2.24, 2.45) is 7.05 Å². The Morgan fingerprint density at radius 3 is 2.05 bits per heavy atom. The molecule has 0 saturated carbocycles. The molecule has 2 heterocycles. The molecule has 0 N–H and O–H groups in total. The molecule has 0 bridgehead atoms. The fourth-order valence-electron chi connectivity index (χ4n) is 6.76. The van der Waals surface area contributed by atoms with Crippen molar-refractivity contribution in [1.29, 1.82) is 0 Å². The van der Waals surface area contributed by atoms with Crippen LogP contribution in [-0.4, -0.2) is 13.3 Å². The van der Waals surface area contributed by atoms with Gasteiger partial charge in [0.05, 0.1) is 0 Å². The number of hydrogen-bond acceptors (Lipinski definition) is 1. The number of aryl methyl sites for hydroxylation is 2. The van der Waals surface area contributed by atoms with Crippen LogP contribution in [0.15, 0.2) is 71.3 Å². The van der Waals surface area contributed by atoms with Crippen molar-refractivity contribution < 1.29 is 8.98 Å². The van der Waals surface area contributed by atoms with Crippen LogP contribution >= 0.6 is 0 Å². The second-order valence-electron chi connectivity index (χ2n) is 14.1. The first-order valence-electron chi connectivity index (χ1n) is 14.4. The summed E-state index contributed by atoms with van der Waals surface area (Å²) in [7, 11) is 2.11. The molecule has 1 aliphatic rings. The Morgan fingerprint density at radius 2 is 1.38 bits per heavy atom. The number of pyridine rings is 1. The van der Waals surface area contributed by atoms with Gasteiger partial charge in [-0.3, -0.25) is 0 Å². The van der Waals surface area contributed by atoms with E-state index in [0.29, 0.717) is 0 Å². The van der Waals surface area contributed by atoms with Gasteiger partial charge in [0.15, 0.2) is 0 Å². The summed E-state index contributed by atoms with van der Waals surface area (Å²) >= 11 is -2.27. The topological polar surface area (TPSA) is 17.0 Å². The van der Waals surface area contributed by atoms with Gasteiger partial charge in [-0.15, -0.1) is 0 Å². The minimum atomic E-state index is -2.27. The third kappa shape index (κ3) is 4.18. The Labute approximate surface area is 236 Å². The van der Waals surface area contributed by atoms with E-state index in [2.05, 4.69) is 130 Å². The van der Waals surface area contributed by atoms with Gasteiger partial charge in [0, 0.05) is 0 Å². The van der Waals surface area contributed by atoms with E-state index in [4.69, 9.17) is 4.42 Å². The van der Waals surface area contributed by atoms with Crippen molar-refractivity contribution >= 4 is 39.6 Å². The van der Waals surface area contributed by atoms with E-state index in [9.17, 15) is 0 Å². The molecule has 0 spiro atoms. The van der Waals surface area contributed by atoms with Gasteiger partial charge in [-0.1, -0.05) is 0 Å². The second-order valence-corrected chi connectivity index (χ2v) is 24.6. The van der Waals surface area contributed by atoms with Crippen molar-refractivity contribution in [3.8, 4) is 22.4 Å². The Hall–Kier alpha value is -2.85. The van der Waals surface area contributed by atoms with Crippen LogP contribution in [-0.2, 0) is 17.9 Å². The van der Waals surface area contributed by atoms with Crippen molar-refractivity contribution in [3.05, 3.63) is 83.6 Å². The van der Waals surface area contributed by atoms with Crippen molar-refractivity contribution in [2.45, 2.75) is 75.6 Å². The summed E-state index contributed by atoms with van der Waals surface area (Å²) in [5.74, 6) is 7.50. The van der Waals surface area contributed by atoms with Gasteiger partial charge < -0.3 is 0 Å². The summed E-state index contributed by atoms with van der Waals surface area (Å²) in [6.45, 7) is 11.8. The first-order chi connectivity index (χ1) is 18.3. The zero-order valence-corrected chi connectivity index (χ0v) is 27.2. The summed E-state index contributed by atoms with van der Waals surface area (Å²) in [5.41, 5.74) is 11.6. The number of furan rings is 1. The standard InChI is InChI=1S/C36H42GeNO/c1-23-13-15-25-26-16-18-29(37(6,7)8)32(34(26)39-33(25)31(23)30-12-10-11-21-38(30)9)24-14-17-27-28(22-24)36(4,5)20-19-35(27,2)3/h10-18,21-22H,19-20H2,1-9H3/q+1. The van der Waals surface area contributed by atoms with E-state index in [-0.39, 0.29) is 10.8 Å². The Kier molecular flexibility index (Phi) is 5.97.